The zero-order valence-corrected chi connectivity index (χ0v) is 12.4. The first-order chi connectivity index (χ1) is 8.49. The summed E-state index contributed by atoms with van der Waals surface area (Å²) in [6.07, 6.45) is 6.46. The van der Waals surface area contributed by atoms with Crippen LogP contribution in [0.15, 0.2) is 12.2 Å². The summed E-state index contributed by atoms with van der Waals surface area (Å²) in [7, 11) is 0. The van der Waals surface area contributed by atoms with E-state index >= 15 is 0 Å². The predicted molar refractivity (Wildman–Crippen MR) is 74.6 cm³/mol. The Morgan fingerprint density at radius 2 is 1.72 bits per heavy atom. The normalized spacial score (nSPS) is 11.8. The SMILES string of the molecule is CC/C=C\CCCOC(=O)OC(C(C)C)C(C)C. The third kappa shape index (κ3) is 8.15. The van der Waals surface area contributed by atoms with Gasteiger partial charge in [0.25, 0.3) is 0 Å². The van der Waals surface area contributed by atoms with Gasteiger partial charge in [-0.3, -0.25) is 0 Å². The predicted octanol–water partition coefficient (Wildman–Crippen LogP) is 4.57. The van der Waals surface area contributed by atoms with Gasteiger partial charge in [0.15, 0.2) is 0 Å². The van der Waals surface area contributed by atoms with Crippen LogP contribution in [0, 0.1) is 11.8 Å². The molecule has 0 aromatic carbocycles. The molecule has 0 N–H and O–H groups in total. The van der Waals surface area contributed by atoms with E-state index in [-0.39, 0.29) is 6.10 Å². The van der Waals surface area contributed by atoms with Crippen LogP contribution in [0.2, 0.25) is 0 Å². The lowest BCUT2D eigenvalue weighted by molar-refractivity contribution is -0.0108. The quantitative estimate of drug-likeness (QED) is 0.362. The van der Waals surface area contributed by atoms with Gasteiger partial charge in [-0.2, -0.15) is 0 Å². The van der Waals surface area contributed by atoms with Crippen molar-refractivity contribution in [1.82, 2.24) is 0 Å². The molecule has 0 aromatic rings. The summed E-state index contributed by atoms with van der Waals surface area (Å²) >= 11 is 0. The molecule has 0 unspecified atom stereocenters. The van der Waals surface area contributed by atoms with E-state index in [1.807, 2.05) is 27.7 Å². The number of allylic oxidation sites excluding steroid dienone is 2. The minimum Gasteiger partial charge on any atom is -0.434 e. The Balaban J connectivity index is 3.79. The Labute approximate surface area is 112 Å². The highest BCUT2D eigenvalue weighted by Gasteiger charge is 2.22. The van der Waals surface area contributed by atoms with Crippen LogP contribution in [0.5, 0.6) is 0 Å². The molecule has 0 aliphatic carbocycles. The van der Waals surface area contributed by atoms with Gasteiger partial charge in [0.2, 0.25) is 0 Å². The largest absolute Gasteiger partial charge is 0.508 e. The Morgan fingerprint density at radius 1 is 1.11 bits per heavy atom. The van der Waals surface area contributed by atoms with E-state index < -0.39 is 6.16 Å². The fraction of sp³-hybridized carbons (Fsp3) is 0.800. The summed E-state index contributed by atoms with van der Waals surface area (Å²) < 4.78 is 10.4. The first-order valence-electron chi connectivity index (χ1n) is 6.97. The standard InChI is InChI=1S/C15H28O3/c1-6-7-8-9-10-11-17-15(16)18-14(12(2)3)13(4)5/h7-8,12-14H,6,9-11H2,1-5H3/b8-7-. The molecule has 0 radical (unpaired) electrons. The van der Waals surface area contributed by atoms with Crippen molar-refractivity contribution < 1.29 is 14.3 Å². The van der Waals surface area contributed by atoms with Gasteiger partial charge in [-0.15, -0.1) is 0 Å². The molecule has 0 saturated carbocycles. The van der Waals surface area contributed by atoms with Gasteiger partial charge >= 0.3 is 6.16 Å². The Hall–Kier alpha value is -0.990. The van der Waals surface area contributed by atoms with E-state index in [0.717, 1.165) is 19.3 Å². The highest BCUT2D eigenvalue weighted by molar-refractivity contribution is 5.60. The number of ether oxygens (including phenoxy) is 2. The number of carbonyl (C=O) groups excluding carboxylic acids is 1. The van der Waals surface area contributed by atoms with Gasteiger partial charge < -0.3 is 9.47 Å². The second-order valence-corrected chi connectivity index (χ2v) is 5.19. The van der Waals surface area contributed by atoms with Crippen LogP contribution in [0.25, 0.3) is 0 Å². The van der Waals surface area contributed by atoms with Crippen LogP contribution in [0.1, 0.15) is 53.9 Å². The molecule has 3 heteroatoms. The van der Waals surface area contributed by atoms with Crippen molar-refractivity contribution in [2.24, 2.45) is 11.8 Å². The molecule has 0 amide bonds. The first kappa shape index (κ1) is 17.0. The number of hydrogen-bond acceptors (Lipinski definition) is 3. The monoisotopic (exact) mass is 256 g/mol. The number of rotatable bonds is 8. The molecule has 0 bridgehead atoms. The highest BCUT2D eigenvalue weighted by Crippen LogP contribution is 2.16. The zero-order chi connectivity index (χ0) is 14.0. The van der Waals surface area contributed by atoms with Gasteiger partial charge in [-0.25, -0.2) is 4.79 Å². The lowest BCUT2D eigenvalue weighted by atomic mass is 9.96. The molecule has 0 atom stereocenters. The molecule has 0 rings (SSSR count). The fourth-order valence-electron chi connectivity index (χ4n) is 1.83. The third-order valence-electron chi connectivity index (χ3n) is 2.68. The number of hydrogen-bond donors (Lipinski definition) is 0. The van der Waals surface area contributed by atoms with E-state index in [1.165, 1.54) is 0 Å². The molecule has 0 spiro atoms. The van der Waals surface area contributed by atoms with Crippen molar-refractivity contribution in [3.8, 4) is 0 Å². The second kappa shape index (κ2) is 9.98. The molecule has 0 saturated heterocycles. The van der Waals surface area contributed by atoms with Crippen molar-refractivity contribution in [1.29, 1.82) is 0 Å². The molecule has 0 aliphatic heterocycles. The molecule has 106 valence electrons. The van der Waals surface area contributed by atoms with E-state index in [1.54, 1.807) is 0 Å². The van der Waals surface area contributed by atoms with Crippen LogP contribution in [-0.4, -0.2) is 18.9 Å². The highest BCUT2D eigenvalue weighted by atomic mass is 16.7. The van der Waals surface area contributed by atoms with Gasteiger partial charge in [-0.05, 0) is 31.1 Å². The summed E-state index contributed by atoms with van der Waals surface area (Å²) in [6.45, 7) is 10.7. The Bertz CT molecular complexity index is 236. The average Bonchev–Trinajstić information content (AvgIpc) is 2.29. The van der Waals surface area contributed by atoms with Crippen LogP contribution in [0.4, 0.5) is 4.79 Å². The van der Waals surface area contributed by atoms with Crippen molar-refractivity contribution >= 4 is 6.16 Å². The summed E-state index contributed by atoms with van der Waals surface area (Å²) in [5.41, 5.74) is 0. The lowest BCUT2D eigenvalue weighted by Gasteiger charge is -2.24. The maximum absolute atomic E-state index is 11.5. The van der Waals surface area contributed by atoms with E-state index in [9.17, 15) is 4.79 Å². The molecule has 0 aliphatic rings. The first-order valence-corrected chi connectivity index (χ1v) is 6.97. The number of carbonyl (C=O) groups is 1. The van der Waals surface area contributed by atoms with E-state index in [0.29, 0.717) is 18.4 Å². The fourth-order valence-corrected chi connectivity index (χ4v) is 1.83. The van der Waals surface area contributed by atoms with Gasteiger partial charge in [-0.1, -0.05) is 46.8 Å². The lowest BCUT2D eigenvalue weighted by Crippen LogP contribution is -2.29. The van der Waals surface area contributed by atoms with E-state index in [2.05, 4.69) is 19.1 Å². The maximum Gasteiger partial charge on any atom is 0.508 e. The van der Waals surface area contributed by atoms with Crippen molar-refractivity contribution in [2.45, 2.75) is 60.0 Å². The van der Waals surface area contributed by atoms with Crippen LogP contribution < -0.4 is 0 Å². The number of unbranched alkanes of at least 4 members (excludes halogenated alkanes) is 1. The topological polar surface area (TPSA) is 35.5 Å². The van der Waals surface area contributed by atoms with Gasteiger partial charge in [0, 0.05) is 0 Å². The van der Waals surface area contributed by atoms with Crippen molar-refractivity contribution in [2.75, 3.05) is 6.61 Å². The summed E-state index contributed by atoms with van der Waals surface area (Å²) in [5.74, 6) is 0.620. The third-order valence-corrected chi connectivity index (χ3v) is 2.68. The minimum absolute atomic E-state index is 0.0718. The summed E-state index contributed by atoms with van der Waals surface area (Å²) in [6, 6.07) is 0. The van der Waals surface area contributed by atoms with Crippen molar-refractivity contribution in [3.05, 3.63) is 12.2 Å². The Kier molecular flexibility index (Phi) is 9.43. The van der Waals surface area contributed by atoms with Crippen molar-refractivity contribution in [3.63, 3.8) is 0 Å². The van der Waals surface area contributed by atoms with Crippen LogP contribution >= 0.6 is 0 Å². The molecular weight excluding hydrogens is 228 g/mol. The maximum atomic E-state index is 11.5. The average molecular weight is 256 g/mol. The molecule has 0 heterocycles. The molecule has 0 aromatic heterocycles. The van der Waals surface area contributed by atoms with E-state index in [4.69, 9.17) is 9.47 Å². The molecule has 18 heavy (non-hydrogen) atoms. The Morgan fingerprint density at radius 3 is 2.22 bits per heavy atom. The zero-order valence-electron chi connectivity index (χ0n) is 12.4. The second-order valence-electron chi connectivity index (χ2n) is 5.19. The van der Waals surface area contributed by atoms with Gasteiger partial charge in [0.1, 0.15) is 6.10 Å². The molecule has 0 fully saturated rings. The van der Waals surface area contributed by atoms with Crippen LogP contribution in [0.3, 0.4) is 0 Å². The summed E-state index contributed by atoms with van der Waals surface area (Å²) in [4.78, 5) is 11.5. The molecule has 3 nitrogen and oxygen atoms in total. The summed E-state index contributed by atoms with van der Waals surface area (Å²) in [5, 5.41) is 0. The minimum atomic E-state index is -0.540. The van der Waals surface area contributed by atoms with Crippen LogP contribution in [-0.2, 0) is 9.47 Å². The smallest absolute Gasteiger partial charge is 0.434 e. The van der Waals surface area contributed by atoms with Gasteiger partial charge in [0.05, 0.1) is 6.61 Å². The molecular formula is C15H28O3.